The van der Waals surface area contributed by atoms with E-state index in [0.717, 1.165) is 27.8 Å². The molecular weight excluding hydrogens is 370 g/mol. The third-order valence-corrected chi connectivity index (χ3v) is 4.65. The largest absolute Gasteiger partial charge is 0.494 e. The summed E-state index contributed by atoms with van der Waals surface area (Å²) >= 11 is 0. The van der Waals surface area contributed by atoms with Gasteiger partial charge in [-0.15, -0.1) is 0 Å². The average Bonchev–Trinajstić information content (AvgIpc) is 3.35. The number of amides is 1. The maximum atomic E-state index is 12.8. The number of aromatic nitrogens is 4. The van der Waals surface area contributed by atoms with E-state index in [1.807, 2.05) is 38.1 Å². The van der Waals surface area contributed by atoms with Gasteiger partial charge >= 0.3 is 0 Å². The van der Waals surface area contributed by atoms with E-state index in [0.29, 0.717) is 24.0 Å². The van der Waals surface area contributed by atoms with E-state index in [1.54, 1.807) is 25.4 Å². The number of fused-ring (bicyclic) bond motifs is 1. The summed E-state index contributed by atoms with van der Waals surface area (Å²) in [7, 11) is 0. The molecule has 0 saturated carbocycles. The zero-order valence-corrected chi connectivity index (χ0v) is 16.4. The van der Waals surface area contributed by atoms with Crippen molar-refractivity contribution < 1.29 is 14.1 Å². The Labute approximate surface area is 167 Å². The van der Waals surface area contributed by atoms with Crippen LogP contribution in [-0.2, 0) is 0 Å². The summed E-state index contributed by atoms with van der Waals surface area (Å²) in [6.45, 7) is 6.22. The molecule has 0 bridgehead atoms. The van der Waals surface area contributed by atoms with Crippen LogP contribution in [0.4, 0.5) is 0 Å². The first-order valence-electron chi connectivity index (χ1n) is 9.36. The third kappa shape index (κ3) is 3.69. The van der Waals surface area contributed by atoms with E-state index in [2.05, 4.69) is 25.4 Å². The number of hydrogen-bond acceptors (Lipinski definition) is 6. The van der Waals surface area contributed by atoms with Crippen LogP contribution in [-0.4, -0.2) is 32.6 Å². The summed E-state index contributed by atoms with van der Waals surface area (Å²) in [6, 6.07) is 8.91. The van der Waals surface area contributed by atoms with Crippen LogP contribution < -0.4 is 10.1 Å². The first kappa shape index (κ1) is 18.7. The van der Waals surface area contributed by atoms with E-state index in [9.17, 15) is 4.79 Å². The Hall–Kier alpha value is -3.68. The van der Waals surface area contributed by atoms with Crippen molar-refractivity contribution >= 4 is 16.8 Å². The number of carbonyl (C=O) groups is 1. The Balaban J connectivity index is 1.53. The number of nitrogens with zero attached hydrogens (tertiary/aromatic N) is 3. The van der Waals surface area contributed by atoms with Gasteiger partial charge in [0, 0.05) is 28.9 Å². The van der Waals surface area contributed by atoms with Crippen molar-refractivity contribution in [2.24, 2.45) is 0 Å². The molecule has 29 heavy (non-hydrogen) atoms. The van der Waals surface area contributed by atoms with Gasteiger partial charge in [-0.3, -0.25) is 9.78 Å². The van der Waals surface area contributed by atoms with Crippen molar-refractivity contribution in [3.63, 3.8) is 0 Å². The lowest BCUT2D eigenvalue weighted by atomic mass is 10.1. The number of pyridine rings is 1. The van der Waals surface area contributed by atoms with Crippen molar-refractivity contribution in [2.75, 3.05) is 6.61 Å². The van der Waals surface area contributed by atoms with Crippen LogP contribution in [0.15, 0.2) is 47.2 Å². The molecule has 1 aromatic carbocycles. The molecule has 0 aliphatic heterocycles. The quantitative estimate of drug-likeness (QED) is 0.518. The summed E-state index contributed by atoms with van der Waals surface area (Å²) in [5.74, 6) is 1.28. The van der Waals surface area contributed by atoms with E-state index in [-0.39, 0.29) is 5.91 Å². The van der Waals surface area contributed by atoms with Gasteiger partial charge in [0.1, 0.15) is 17.5 Å². The van der Waals surface area contributed by atoms with E-state index < -0.39 is 6.04 Å². The average molecular weight is 391 g/mol. The Kier molecular flexibility index (Phi) is 4.99. The monoisotopic (exact) mass is 391 g/mol. The smallest absolute Gasteiger partial charge is 0.268 e. The number of carbonyl (C=O) groups excluding carboxylic acids is 1. The molecule has 4 rings (SSSR count). The number of rotatable bonds is 6. The molecular formula is C21H21N5O3. The van der Waals surface area contributed by atoms with Crippen LogP contribution in [0, 0.1) is 6.92 Å². The van der Waals surface area contributed by atoms with Gasteiger partial charge in [-0.1, -0.05) is 5.16 Å². The van der Waals surface area contributed by atoms with Gasteiger partial charge in [-0.2, -0.15) is 4.98 Å². The molecule has 0 spiro atoms. The van der Waals surface area contributed by atoms with Gasteiger partial charge in [-0.25, -0.2) is 0 Å². The second kappa shape index (κ2) is 7.75. The number of H-pyrrole nitrogens is 1. The summed E-state index contributed by atoms with van der Waals surface area (Å²) in [5, 5.41) is 7.82. The topological polar surface area (TPSA) is 106 Å². The van der Waals surface area contributed by atoms with Crippen LogP contribution in [0.2, 0.25) is 0 Å². The van der Waals surface area contributed by atoms with E-state index >= 15 is 0 Å². The molecule has 1 unspecified atom stereocenters. The molecule has 1 amide bonds. The van der Waals surface area contributed by atoms with Crippen LogP contribution in [0.25, 0.3) is 22.3 Å². The second-order valence-corrected chi connectivity index (χ2v) is 6.66. The van der Waals surface area contributed by atoms with Gasteiger partial charge in [0.15, 0.2) is 0 Å². The van der Waals surface area contributed by atoms with E-state index in [1.165, 1.54) is 0 Å². The minimum absolute atomic E-state index is 0.245. The number of nitrogens with one attached hydrogen (secondary N) is 2. The molecule has 3 heterocycles. The molecule has 0 saturated heterocycles. The molecule has 3 aromatic heterocycles. The Morgan fingerprint density at radius 3 is 2.97 bits per heavy atom. The summed E-state index contributed by atoms with van der Waals surface area (Å²) in [4.78, 5) is 24.4. The highest BCUT2D eigenvalue weighted by molar-refractivity contribution is 6.01. The lowest BCUT2D eigenvalue weighted by Gasteiger charge is -2.09. The lowest BCUT2D eigenvalue weighted by Crippen LogP contribution is -2.27. The highest BCUT2D eigenvalue weighted by Crippen LogP contribution is 2.26. The highest BCUT2D eigenvalue weighted by atomic mass is 16.5. The van der Waals surface area contributed by atoms with Crippen molar-refractivity contribution in [1.29, 1.82) is 0 Å². The summed E-state index contributed by atoms with van der Waals surface area (Å²) in [6.07, 6.45) is 3.33. The predicted octanol–water partition coefficient (Wildman–Crippen LogP) is 3.81. The standard InChI is InChI=1S/C21H21N5O3/c1-4-28-15-7-8-17-16(10-15)12(2)18(24-17)20(27)23-13(3)21-25-19(26-29-21)14-6-5-9-22-11-14/h5-11,13,24H,4H2,1-3H3,(H,23,27). The van der Waals surface area contributed by atoms with Crippen molar-refractivity contribution in [3.05, 3.63) is 59.9 Å². The number of hydrogen-bond donors (Lipinski definition) is 2. The Morgan fingerprint density at radius 1 is 1.34 bits per heavy atom. The molecule has 0 fully saturated rings. The lowest BCUT2D eigenvalue weighted by molar-refractivity contribution is 0.0927. The molecule has 148 valence electrons. The van der Waals surface area contributed by atoms with Crippen LogP contribution in [0.5, 0.6) is 5.75 Å². The van der Waals surface area contributed by atoms with Crippen molar-refractivity contribution in [1.82, 2.24) is 25.4 Å². The number of ether oxygens (including phenoxy) is 1. The number of aryl methyl sites for hydroxylation is 1. The maximum absolute atomic E-state index is 12.8. The van der Waals surface area contributed by atoms with Crippen LogP contribution >= 0.6 is 0 Å². The second-order valence-electron chi connectivity index (χ2n) is 6.66. The first-order chi connectivity index (χ1) is 14.1. The predicted molar refractivity (Wildman–Crippen MR) is 108 cm³/mol. The fraction of sp³-hybridized carbons (Fsp3) is 0.238. The fourth-order valence-corrected chi connectivity index (χ4v) is 3.14. The highest BCUT2D eigenvalue weighted by Gasteiger charge is 2.21. The van der Waals surface area contributed by atoms with Gasteiger partial charge < -0.3 is 19.6 Å². The molecule has 8 nitrogen and oxygen atoms in total. The minimum atomic E-state index is -0.454. The van der Waals surface area contributed by atoms with Gasteiger partial charge in [0.25, 0.3) is 5.91 Å². The molecule has 2 N–H and O–H groups in total. The third-order valence-electron chi connectivity index (χ3n) is 4.65. The molecule has 1 atom stereocenters. The van der Waals surface area contributed by atoms with Crippen LogP contribution in [0.3, 0.4) is 0 Å². The molecule has 0 aliphatic carbocycles. The zero-order chi connectivity index (χ0) is 20.4. The molecule has 0 aliphatic rings. The van der Waals surface area contributed by atoms with Crippen molar-refractivity contribution in [3.8, 4) is 17.1 Å². The van der Waals surface area contributed by atoms with E-state index in [4.69, 9.17) is 9.26 Å². The first-order valence-corrected chi connectivity index (χ1v) is 9.36. The van der Waals surface area contributed by atoms with Gasteiger partial charge in [0.05, 0.1) is 6.61 Å². The normalized spacial score (nSPS) is 12.1. The number of benzene rings is 1. The number of aromatic amines is 1. The zero-order valence-electron chi connectivity index (χ0n) is 16.4. The molecule has 4 aromatic rings. The summed E-state index contributed by atoms with van der Waals surface area (Å²) < 4.78 is 10.9. The summed E-state index contributed by atoms with van der Waals surface area (Å²) in [5.41, 5.74) is 2.97. The van der Waals surface area contributed by atoms with Crippen molar-refractivity contribution in [2.45, 2.75) is 26.8 Å². The minimum Gasteiger partial charge on any atom is -0.494 e. The Morgan fingerprint density at radius 2 is 2.21 bits per heavy atom. The van der Waals surface area contributed by atoms with Gasteiger partial charge in [-0.05, 0) is 56.7 Å². The molecule has 8 heteroatoms. The van der Waals surface area contributed by atoms with Gasteiger partial charge in [0.2, 0.25) is 11.7 Å². The Bertz CT molecular complexity index is 1150. The maximum Gasteiger partial charge on any atom is 0.268 e. The van der Waals surface area contributed by atoms with Crippen LogP contribution in [0.1, 0.15) is 41.8 Å². The SMILES string of the molecule is CCOc1ccc2[nH]c(C(=O)NC(C)c3nc(-c4cccnc4)no3)c(C)c2c1. The molecule has 0 radical (unpaired) electrons. The fourth-order valence-electron chi connectivity index (χ4n) is 3.14.